The number of hydrogen-bond acceptors (Lipinski definition) is 2. The minimum absolute atomic E-state index is 0.265. The predicted molar refractivity (Wildman–Crippen MR) is 71.9 cm³/mol. The number of hydrogen-bond donors (Lipinski definition) is 1. The number of anilines is 1. The van der Waals surface area contributed by atoms with Gasteiger partial charge in [0.25, 0.3) is 0 Å². The van der Waals surface area contributed by atoms with Crippen molar-refractivity contribution in [1.29, 1.82) is 0 Å². The third-order valence-electron chi connectivity index (χ3n) is 2.58. The summed E-state index contributed by atoms with van der Waals surface area (Å²) >= 11 is 1.61. The van der Waals surface area contributed by atoms with E-state index in [1.165, 1.54) is 6.07 Å². The quantitative estimate of drug-likeness (QED) is 0.827. The van der Waals surface area contributed by atoms with Gasteiger partial charge in [0.15, 0.2) is 0 Å². The van der Waals surface area contributed by atoms with E-state index in [2.05, 4.69) is 5.32 Å². The van der Waals surface area contributed by atoms with Crippen LogP contribution in [0, 0.1) is 11.6 Å². The highest BCUT2D eigenvalue weighted by Gasteiger charge is 2.05. The molecule has 1 nitrogen and oxygen atoms in total. The highest BCUT2D eigenvalue weighted by Crippen LogP contribution is 2.25. The van der Waals surface area contributed by atoms with Crippen molar-refractivity contribution in [3.05, 3.63) is 59.7 Å². The molecular formula is C14H13F2NS. The molecule has 0 unspecified atom stereocenters. The van der Waals surface area contributed by atoms with Crippen molar-refractivity contribution in [2.24, 2.45) is 0 Å². The Bertz CT molecular complexity index is 543. The first-order valence-electron chi connectivity index (χ1n) is 5.51. The Morgan fingerprint density at radius 1 is 1.11 bits per heavy atom. The van der Waals surface area contributed by atoms with E-state index < -0.39 is 11.6 Å². The van der Waals surface area contributed by atoms with Crippen LogP contribution >= 0.6 is 11.8 Å². The van der Waals surface area contributed by atoms with Crippen molar-refractivity contribution >= 4 is 17.4 Å². The van der Waals surface area contributed by atoms with Crippen LogP contribution in [0.25, 0.3) is 0 Å². The molecule has 0 aromatic heterocycles. The molecule has 0 saturated carbocycles. The molecule has 0 atom stereocenters. The maximum atomic E-state index is 13.4. The fourth-order valence-corrected chi connectivity index (χ4v) is 2.23. The summed E-state index contributed by atoms with van der Waals surface area (Å²) in [7, 11) is 0. The van der Waals surface area contributed by atoms with Gasteiger partial charge in [0.1, 0.15) is 11.6 Å². The maximum Gasteiger partial charge on any atom is 0.128 e. The Kier molecular flexibility index (Phi) is 4.20. The van der Waals surface area contributed by atoms with Crippen LogP contribution in [0.5, 0.6) is 0 Å². The molecule has 2 aromatic rings. The van der Waals surface area contributed by atoms with E-state index in [0.29, 0.717) is 5.56 Å². The lowest BCUT2D eigenvalue weighted by Gasteiger charge is -2.10. The van der Waals surface area contributed by atoms with Gasteiger partial charge >= 0.3 is 0 Å². The normalized spacial score (nSPS) is 10.4. The van der Waals surface area contributed by atoms with Crippen molar-refractivity contribution in [3.63, 3.8) is 0 Å². The SMILES string of the molecule is CSc1ccccc1NCc1cc(F)ccc1F. The zero-order valence-electron chi connectivity index (χ0n) is 9.91. The van der Waals surface area contributed by atoms with Crippen LogP contribution in [0.2, 0.25) is 0 Å². The Labute approximate surface area is 109 Å². The molecule has 2 rings (SSSR count). The maximum absolute atomic E-state index is 13.4. The summed E-state index contributed by atoms with van der Waals surface area (Å²) in [5.41, 5.74) is 1.25. The van der Waals surface area contributed by atoms with Crippen molar-refractivity contribution in [1.82, 2.24) is 0 Å². The minimum atomic E-state index is -0.425. The molecule has 0 saturated heterocycles. The van der Waals surface area contributed by atoms with Gasteiger partial charge in [-0.3, -0.25) is 0 Å². The molecule has 0 spiro atoms. The molecular weight excluding hydrogens is 252 g/mol. The van der Waals surface area contributed by atoms with Gasteiger partial charge in [-0.2, -0.15) is 0 Å². The van der Waals surface area contributed by atoms with Gasteiger partial charge in [0.05, 0.1) is 0 Å². The number of nitrogens with one attached hydrogen (secondary N) is 1. The average molecular weight is 265 g/mol. The Morgan fingerprint density at radius 3 is 2.67 bits per heavy atom. The lowest BCUT2D eigenvalue weighted by Crippen LogP contribution is -2.03. The zero-order valence-corrected chi connectivity index (χ0v) is 10.7. The molecule has 1 N–H and O–H groups in total. The number of halogens is 2. The molecule has 94 valence electrons. The standard InChI is InChI=1S/C14H13F2NS/c1-18-14-5-3-2-4-13(14)17-9-10-8-11(15)6-7-12(10)16/h2-8,17H,9H2,1H3. The van der Waals surface area contributed by atoms with Crippen LogP contribution < -0.4 is 5.32 Å². The van der Waals surface area contributed by atoms with Crippen LogP contribution in [-0.4, -0.2) is 6.26 Å². The third kappa shape index (κ3) is 3.01. The predicted octanol–water partition coefficient (Wildman–Crippen LogP) is 4.30. The molecule has 18 heavy (non-hydrogen) atoms. The second-order valence-electron chi connectivity index (χ2n) is 3.79. The first kappa shape index (κ1) is 12.9. The van der Waals surface area contributed by atoms with Crippen LogP contribution in [0.1, 0.15) is 5.56 Å². The third-order valence-corrected chi connectivity index (χ3v) is 3.38. The van der Waals surface area contributed by atoms with Crippen LogP contribution in [0.4, 0.5) is 14.5 Å². The van der Waals surface area contributed by atoms with Crippen molar-refractivity contribution in [3.8, 4) is 0 Å². The second kappa shape index (κ2) is 5.87. The summed E-state index contributed by atoms with van der Waals surface area (Å²) in [5, 5.41) is 3.12. The number of para-hydroxylation sites is 1. The molecule has 0 aliphatic carbocycles. The molecule has 0 radical (unpaired) electrons. The van der Waals surface area contributed by atoms with Crippen LogP contribution in [0.15, 0.2) is 47.4 Å². The van der Waals surface area contributed by atoms with Gasteiger partial charge in [-0.05, 0) is 36.6 Å². The molecule has 0 bridgehead atoms. The van der Waals surface area contributed by atoms with E-state index in [1.54, 1.807) is 11.8 Å². The highest BCUT2D eigenvalue weighted by molar-refractivity contribution is 7.98. The summed E-state index contributed by atoms with van der Waals surface area (Å²) in [6, 6.07) is 11.2. The summed E-state index contributed by atoms with van der Waals surface area (Å²) < 4.78 is 26.5. The number of benzene rings is 2. The second-order valence-corrected chi connectivity index (χ2v) is 4.64. The summed E-state index contributed by atoms with van der Waals surface area (Å²) in [4.78, 5) is 1.08. The van der Waals surface area contributed by atoms with E-state index in [0.717, 1.165) is 22.7 Å². The minimum Gasteiger partial charge on any atom is -0.380 e. The van der Waals surface area contributed by atoms with Gasteiger partial charge in [0.2, 0.25) is 0 Å². The topological polar surface area (TPSA) is 12.0 Å². The summed E-state index contributed by atoms with van der Waals surface area (Å²) in [6.45, 7) is 0.265. The van der Waals surface area contributed by atoms with Crippen LogP contribution in [-0.2, 0) is 6.54 Å². The van der Waals surface area contributed by atoms with E-state index in [9.17, 15) is 8.78 Å². The molecule has 0 heterocycles. The fraction of sp³-hybridized carbons (Fsp3) is 0.143. The van der Waals surface area contributed by atoms with E-state index >= 15 is 0 Å². The van der Waals surface area contributed by atoms with Gasteiger partial charge < -0.3 is 5.32 Å². The molecule has 2 aromatic carbocycles. The molecule has 0 amide bonds. The van der Waals surface area contributed by atoms with Gasteiger partial charge in [0, 0.05) is 22.7 Å². The molecule has 0 aliphatic heterocycles. The van der Waals surface area contributed by atoms with Gasteiger partial charge in [-0.15, -0.1) is 11.8 Å². The highest BCUT2D eigenvalue weighted by atomic mass is 32.2. The monoisotopic (exact) mass is 265 g/mol. The lowest BCUT2D eigenvalue weighted by atomic mass is 10.2. The van der Waals surface area contributed by atoms with E-state index in [-0.39, 0.29) is 6.54 Å². The zero-order chi connectivity index (χ0) is 13.0. The van der Waals surface area contributed by atoms with Crippen molar-refractivity contribution in [2.75, 3.05) is 11.6 Å². The Hall–Kier alpha value is -1.55. The van der Waals surface area contributed by atoms with Crippen molar-refractivity contribution < 1.29 is 8.78 Å². The van der Waals surface area contributed by atoms with Crippen LogP contribution in [0.3, 0.4) is 0 Å². The van der Waals surface area contributed by atoms with Gasteiger partial charge in [-0.1, -0.05) is 12.1 Å². The molecule has 4 heteroatoms. The summed E-state index contributed by atoms with van der Waals surface area (Å²) in [6.07, 6.45) is 1.98. The van der Waals surface area contributed by atoms with Crippen molar-refractivity contribution in [2.45, 2.75) is 11.4 Å². The average Bonchev–Trinajstić information content (AvgIpc) is 2.40. The smallest absolute Gasteiger partial charge is 0.128 e. The summed E-state index contributed by atoms with van der Waals surface area (Å²) in [5.74, 6) is -0.822. The lowest BCUT2D eigenvalue weighted by molar-refractivity contribution is 0.587. The Balaban J connectivity index is 2.14. The first-order valence-corrected chi connectivity index (χ1v) is 6.74. The van der Waals surface area contributed by atoms with Gasteiger partial charge in [-0.25, -0.2) is 8.78 Å². The number of thioether (sulfide) groups is 1. The Morgan fingerprint density at radius 2 is 1.89 bits per heavy atom. The van der Waals surface area contributed by atoms with E-state index in [4.69, 9.17) is 0 Å². The van der Waals surface area contributed by atoms with E-state index in [1.807, 2.05) is 30.5 Å². The first-order chi connectivity index (χ1) is 8.70. The molecule has 0 aliphatic rings. The number of rotatable bonds is 4. The largest absolute Gasteiger partial charge is 0.380 e. The molecule has 0 fully saturated rings. The fourth-order valence-electron chi connectivity index (χ4n) is 1.66.